The Kier molecular flexibility index (Phi) is 3.87. The molecule has 2 rings (SSSR count). The molecule has 0 aliphatic heterocycles. The molecular weight excluding hydrogens is 248 g/mol. The highest BCUT2D eigenvalue weighted by molar-refractivity contribution is 6.31. The highest BCUT2D eigenvalue weighted by Crippen LogP contribution is 2.25. The Hall–Kier alpha value is -1.55. The van der Waals surface area contributed by atoms with Crippen molar-refractivity contribution in [2.24, 2.45) is 0 Å². The number of aromatic nitrogens is 3. The molecule has 0 unspecified atom stereocenters. The van der Waals surface area contributed by atoms with Gasteiger partial charge in [0, 0.05) is 31.0 Å². The van der Waals surface area contributed by atoms with Crippen molar-refractivity contribution in [1.82, 2.24) is 14.8 Å². The van der Waals surface area contributed by atoms with Crippen LogP contribution in [0.3, 0.4) is 0 Å². The number of rotatable bonds is 4. The molecule has 0 aliphatic rings. The van der Waals surface area contributed by atoms with Crippen molar-refractivity contribution in [3.8, 4) is 0 Å². The van der Waals surface area contributed by atoms with Crippen LogP contribution in [0.25, 0.3) is 0 Å². The van der Waals surface area contributed by atoms with Crippen molar-refractivity contribution in [1.29, 1.82) is 0 Å². The molecule has 18 heavy (non-hydrogen) atoms. The first-order valence-electron chi connectivity index (χ1n) is 6.09. The highest BCUT2D eigenvalue weighted by Gasteiger charge is 2.15. The predicted octanol–water partition coefficient (Wildman–Crippen LogP) is 2.69. The standard InChI is InChI=1S/C13H17ClN4/c1-3-11-13(14)12(18(4-2)17-11)7-9-8-16-6-5-10(9)15/h5-6,8H,3-4,7H2,1-2H3,(H2,15,16). The molecule has 0 fully saturated rings. The van der Waals surface area contributed by atoms with Crippen LogP contribution in [-0.2, 0) is 19.4 Å². The van der Waals surface area contributed by atoms with E-state index in [4.69, 9.17) is 17.3 Å². The van der Waals surface area contributed by atoms with Gasteiger partial charge >= 0.3 is 0 Å². The third kappa shape index (κ3) is 2.34. The Morgan fingerprint density at radius 2 is 2.17 bits per heavy atom. The van der Waals surface area contributed by atoms with E-state index in [9.17, 15) is 0 Å². The zero-order valence-electron chi connectivity index (χ0n) is 10.7. The third-order valence-corrected chi connectivity index (χ3v) is 3.43. The summed E-state index contributed by atoms with van der Waals surface area (Å²) >= 11 is 6.37. The van der Waals surface area contributed by atoms with Gasteiger partial charge in [0.1, 0.15) is 0 Å². The monoisotopic (exact) mass is 264 g/mol. The van der Waals surface area contributed by atoms with Crippen LogP contribution in [0, 0.1) is 0 Å². The van der Waals surface area contributed by atoms with E-state index in [0.717, 1.165) is 40.6 Å². The second kappa shape index (κ2) is 5.40. The van der Waals surface area contributed by atoms with E-state index in [1.54, 1.807) is 18.5 Å². The summed E-state index contributed by atoms with van der Waals surface area (Å²) < 4.78 is 1.94. The molecule has 0 saturated heterocycles. The molecule has 0 spiro atoms. The maximum absolute atomic E-state index is 6.37. The SMILES string of the molecule is CCc1nn(CC)c(Cc2cnccc2N)c1Cl. The lowest BCUT2D eigenvalue weighted by molar-refractivity contribution is 0.621. The molecule has 0 radical (unpaired) electrons. The molecule has 4 nitrogen and oxygen atoms in total. The zero-order chi connectivity index (χ0) is 13.1. The van der Waals surface area contributed by atoms with Crippen LogP contribution >= 0.6 is 11.6 Å². The molecule has 0 aliphatic carbocycles. The zero-order valence-corrected chi connectivity index (χ0v) is 11.4. The van der Waals surface area contributed by atoms with Gasteiger partial charge in [0.25, 0.3) is 0 Å². The fourth-order valence-electron chi connectivity index (χ4n) is 1.95. The lowest BCUT2D eigenvalue weighted by Crippen LogP contribution is -2.05. The summed E-state index contributed by atoms with van der Waals surface area (Å²) in [6.45, 7) is 4.91. The van der Waals surface area contributed by atoms with Crippen molar-refractivity contribution in [3.63, 3.8) is 0 Å². The Morgan fingerprint density at radius 1 is 1.39 bits per heavy atom. The van der Waals surface area contributed by atoms with Crippen molar-refractivity contribution in [3.05, 3.63) is 40.4 Å². The van der Waals surface area contributed by atoms with Gasteiger partial charge in [0.15, 0.2) is 0 Å². The first kappa shape index (κ1) is 12.9. The van der Waals surface area contributed by atoms with Gasteiger partial charge in [-0.25, -0.2) is 0 Å². The van der Waals surface area contributed by atoms with E-state index in [0.29, 0.717) is 6.42 Å². The largest absolute Gasteiger partial charge is 0.398 e. The summed E-state index contributed by atoms with van der Waals surface area (Å²) in [5.41, 5.74) is 9.61. The lowest BCUT2D eigenvalue weighted by atomic mass is 10.1. The minimum atomic E-state index is 0.666. The van der Waals surface area contributed by atoms with Crippen molar-refractivity contribution >= 4 is 17.3 Å². The van der Waals surface area contributed by atoms with Gasteiger partial charge in [-0.1, -0.05) is 18.5 Å². The minimum Gasteiger partial charge on any atom is -0.398 e. The van der Waals surface area contributed by atoms with Crippen LogP contribution in [-0.4, -0.2) is 14.8 Å². The summed E-state index contributed by atoms with van der Waals surface area (Å²) in [5.74, 6) is 0. The fraction of sp³-hybridized carbons (Fsp3) is 0.385. The number of hydrogen-bond acceptors (Lipinski definition) is 3. The average Bonchev–Trinajstić information content (AvgIpc) is 2.69. The topological polar surface area (TPSA) is 56.7 Å². The Balaban J connectivity index is 2.40. The molecule has 2 aromatic rings. The summed E-state index contributed by atoms with van der Waals surface area (Å²) in [6, 6.07) is 1.80. The number of anilines is 1. The third-order valence-electron chi connectivity index (χ3n) is 2.99. The molecule has 2 aromatic heterocycles. The van der Waals surface area contributed by atoms with Crippen molar-refractivity contribution in [2.45, 2.75) is 33.2 Å². The van der Waals surface area contributed by atoms with Crippen LogP contribution in [0.2, 0.25) is 5.02 Å². The summed E-state index contributed by atoms with van der Waals surface area (Å²) in [4.78, 5) is 4.10. The Labute approximate surface area is 112 Å². The van der Waals surface area contributed by atoms with Gasteiger partial charge in [-0.15, -0.1) is 0 Å². The second-order valence-electron chi connectivity index (χ2n) is 4.13. The summed E-state index contributed by atoms with van der Waals surface area (Å²) in [7, 11) is 0. The lowest BCUT2D eigenvalue weighted by Gasteiger charge is -2.07. The number of aryl methyl sites for hydroxylation is 2. The molecular formula is C13H17ClN4. The minimum absolute atomic E-state index is 0.666. The predicted molar refractivity (Wildman–Crippen MR) is 73.7 cm³/mol. The van der Waals surface area contributed by atoms with E-state index in [1.165, 1.54) is 0 Å². The molecule has 5 heteroatoms. The molecule has 0 saturated carbocycles. The van der Waals surface area contributed by atoms with E-state index in [-0.39, 0.29) is 0 Å². The van der Waals surface area contributed by atoms with E-state index in [2.05, 4.69) is 23.9 Å². The van der Waals surface area contributed by atoms with Gasteiger partial charge in [-0.3, -0.25) is 9.67 Å². The van der Waals surface area contributed by atoms with E-state index < -0.39 is 0 Å². The molecule has 96 valence electrons. The molecule has 2 heterocycles. The van der Waals surface area contributed by atoms with Crippen LogP contribution in [0.5, 0.6) is 0 Å². The number of halogens is 1. The van der Waals surface area contributed by atoms with Gasteiger partial charge in [0.2, 0.25) is 0 Å². The summed E-state index contributed by atoms with van der Waals surface area (Å²) in [5, 5.41) is 5.25. The van der Waals surface area contributed by atoms with Gasteiger partial charge in [-0.2, -0.15) is 5.10 Å². The van der Waals surface area contributed by atoms with Crippen LogP contribution < -0.4 is 5.73 Å². The molecule has 0 aromatic carbocycles. The van der Waals surface area contributed by atoms with Crippen LogP contribution in [0.4, 0.5) is 5.69 Å². The number of pyridine rings is 1. The normalized spacial score (nSPS) is 10.8. The van der Waals surface area contributed by atoms with Crippen LogP contribution in [0.1, 0.15) is 30.8 Å². The second-order valence-corrected chi connectivity index (χ2v) is 4.51. The van der Waals surface area contributed by atoms with E-state index in [1.807, 2.05) is 4.68 Å². The van der Waals surface area contributed by atoms with E-state index >= 15 is 0 Å². The number of nitrogens with two attached hydrogens (primary N) is 1. The number of nitrogens with zero attached hydrogens (tertiary/aromatic N) is 3. The van der Waals surface area contributed by atoms with Crippen molar-refractivity contribution < 1.29 is 0 Å². The first-order chi connectivity index (χ1) is 8.67. The first-order valence-corrected chi connectivity index (χ1v) is 6.47. The van der Waals surface area contributed by atoms with Crippen LogP contribution in [0.15, 0.2) is 18.5 Å². The molecule has 0 atom stereocenters. The maximum atomic E-state index is 6.37. The molecule has 0 amide bonds. The van der Waals surface area contributed by atoms with Gasteiger partial charge in [-0.05, 0) is 25.0 Å². The van der Waals surface area contributed by atoms with Gasteiger partial charge in [0.05, 0.1) is 16.4 Å². The average molecular weight is 265 g/mol. The number of nitrogen functional groups attached to an aromatic ring is 1. The Bertz CT molecular complexity index is 548. The molecule has 2 N–H and O–H groups in total. The highest BCUT2D eigenvalue weighted by atomic mass is 35.5. The van der Waals surface area contributed by atoms with Crippen molar-refractivity contribution in [2.75, 3.05) is 5.73 Å². The maximum Gasteiger partial charge on any atom is 0.0853 e. The van der Waals surface area contributed by atoms with Gasteiger partial charge < -0.3 is 5.73 Å². The Morgan fingerprint density at radius 3 is 2.78 bits per heavy atom. The quantitative estimate of drug-likeness (QED) is 0.924. The molecule has 0 bridgehead atoms. The number of hydrogen-bond donors (Lipinski definition) is 1. The summed E-state index contributed by atoms with van der Waals surface area (Å²) in [6.07, 6.45) is 4.97. The smallest absolute Gasteiger partial charge is 0.0853 e. The fourth-order valence-corrected chi connectivity index (χ4v) is 2.29.